The summed E-state index contributed by atoms with van der Waals surface area (Å²) in [4.78, 5) is 4.52. The molecule has 2 N–H and O–H groups in total. The third-order valence-corrected chi connectivity index (χ3v) is 4.72. The molecule has 0 unspecified atom stereocenters. The summed E-state index contributed by atoms with van der Waals surface area (Å²) in [7, 11) is 4.84. The maximum atomic E-state index is 5.45. The first-order valence-electron chi connectivity index (χ1n) is 8.94. The minimum atomic E-state index is 0.578. The number of nitrogens with one attached hydrogen (secondary N) is 2. The second-order valence-corrected chi connectivity index (χ2v) is 6.37. The van der Waals surface area contributed by atoms with Gasteiger partial charge in [-0.25, -0.2) is 0 Å². The monoisotopic (exact) mass is 357 g/mol. The molecule has 0 amide bonds. The predicted octanol–water partition coefficient (Wildman–Crippen LogP) is 2.62. The van der Waals surface area contributed by atoms with E-state index >= 15 is 0 Å². The van der Waals surface area contributed by atoms with Gasteiger partial charge in [0.2, 0.25) is 5.75 Å². The first-order chi connectivity index (χ1) is 12.7. The van der Waals surface area contributed by atoms with E-state index in [4.69, 9.17) is 14.2 Å². The minimum Gasteiger partial charge on any atom is -0.493 e. The Balaban J connectivity index is 1.80. The van der Waals surface area contributed by atoms with Crippen molar-refractivity contribution in [2.45, 2.75) is 25.4 Å². The molecular formula is C20H27N3O3. The van der Waals surface area contributed by atoms with Crippen molar-refractivity contribution in [3.8, 4) is 28.5 Å². The molecule has 140 valence electrons. The molecule has 1 saturated heterocycles. The van der Waals surface area contributed by atoms with Crippen LogP contribution in [0.5, 0.6) is 17.2 Å². The summed E-state index contributed by atoms with van der Waals surface area (Å²) in [6, 6.07) is 8.58. The van der Waals surface area contributed by atoms with Gasteiger partial charge in [0, 0.05) is 24.3 Å². The highest BCUT2D eigenvalue weighted by atomic mass is 16.5. The van der Waals surface area contributed by atoms with Crippen LogP contribution in [0.3, 0.4) is 0 Å². The van der Waals surface area contributed by atoms with Crippen molar-refractivity contribution in [3.05, 3.63) is 36.0 Å². The van der Waals surface area contributed by atoms with Crippen molar-refractivity contribution in [3.63, 3.8) is 0 Å². The van der Waals surface area contributed by atoms with Gasteiger partial charge in [0.15, 0.2) is 11.5 Å². The van der Waals surface area contributed by atoms with E-state index in [1.807, 2.05) is 18.3 Å². The largest absolute Gasteiger partial charge is 0.493 e. The first kappa shape index (κ1) is 18.5. The summed E-state index contributed by atoms with van der Waals surface area (Å²) < 4.78 is 16.3. The van der Waals surface area contributed by atoms with Crippen molar-refractivity contribution in [1.82, 2.24) is 15.6 Å². The van der Waals surface area contributed by atoms with Gasteiger partial charge >= 0.3 is 0 Å². The maximum Gasteiger partial charge on any atom is 0.203 e. The Morgan fingerprint density at radius 1 is 1.04 bits per heavy atom. The average molecular weight is 357 g/mol. The molecule has 1 fully saturated rings. The molecule has 26 heavy (non-hydrogen) atoms. The van der Waals surface area contributed by atoms with E-state index in [1.165, 1.54) is 18.4 Å². The highest BCUT2D eigenvalue weighted by Gasteiger charge is 2.15. The van der Waals surface area contributed by atoms with E-state index in [1.54, 1.807) is 21.3 Å². The zero-order chi connectivity index (χ0) is 18.4. The maximum absolute atomic E-state index is 5.45. The lowest BCUT2D eigenvalue weighted by molar-refractivity contribution is 0.324. The van der Waals surface area contributed by atoms with Crippen LogP contribution in [-0.2, 0) is 6.54 Å². The Kier molecular flexibility index (Phi) is 6.30. The van der Waals surface area contributed by atoms with Gasteiger partial charge in [0.1, 0.15) is 0 Å². The van der Waals surface area contributed by atoms with Gasteiger partial charge in [-0.1, -0.05) is 0 Å². The number of hydrogen-bond donors (Lipinski definition) is 2. The lowest BCUT2D eigenvalue weighted by Gasteiger charge is -2.23. The van der Waals surface area contributed by atoms with E-state index in [2.05, 4.69) is 27.8 Å². The number of rotatable bonds is 7. The molecule has 0 atom stereocenters. The second-order valence-electron chi connectivity index (χ2n) is 6.37. The summed E-state index contributed by atoms with van der Waals surface area (Å²) in [6.45, 7) is 3.01. The van der Waals surface area contributed by atoms with Gasteiger partial charge in [-0.05, 0) is 55.8 Å². The van der Waals surface area contributed by atoms with E-state index in [0.717, 1.165) is 30.9 Å². The van der Waals surface area contributed by atoms with Crippen LogP contribution in [0.15, 0.2) is 30.5 Å². The molecule has 0 saturated carbocycles. The molecule has 2 heterocycles. The summed E-state index contributed by atoms with van der Waals surface area (Å²) in [5.74, 6) is 1.84. The topological polar surface area (TPSA) is 64.6 Å². The Hall–Kier alpha value is -2.31. The number of aromatic nitrogens is 1. The van der Waals surface area contributed by atoms with Gasteiger partial charge in [-0.3, -0.25) is 4.98 Å². The smallest absolute Gasteiger partial charge is 0.203 e. The van der Waals surface area contributed by atoms with Gasteiger partial charge in [0.25, 0.3) is 0 Å². The van der Waals surface area contributed by atoms with E-state index < -0.39 is 0 Å². The minimum absolute atomic E-state index is 0.578. The predicted molar refractivity (Wildman–Crippen MR) is 102 cm³/mol. The third-order valence-electron chi connectivity index (χ3n) is 4.72. The fourth-order valence-corrected chi connectivity index (χ4v) is 3.26. The molecular weight excluding hydrogens is 330 g/mol. The fourth-order valence-electron chi connectivity index (χ4n) is 3.26. The third kappa shape index (κ3) is 4.26. The normalized spacial score (nSPS) is 14.9. The Bertz CT molecular complexity index is 705. The van der Waals surface area contributed by atoms with Crippen LogP contribution in [0.1, 0.15) is 18.4 Å². The quantitative estimate of drug-likeness (QED) is 0.794. The van der Waals surface area contributed by atoms with Gasteiger partial charge in [-0.15, -0.1) is 0 Å². The van der Waals surface area contributed by atoms with Crippen LogP contribution in [0.25, 0.3) is 11.3 Å². The lowest BCUT2D eigenvalue weighted by atomic mass is 10.1. The van der Waals surface area contributed by atoms with Crippen molar-refractivity contribution in [2.75, 3.05) is 34.4 Å². The van der Waals surface area contributed by atoms with Gasteiger partial charge in [-0.2, -0.15) is 0 Å². The van der Waals surface area contributed by atoms with Gasteiger partial charge in [0.05, 0.1) is 27.0 Å². The average Bonchev–Trinajstić information content (AvgIpc) is 2.72. The molecule has 0 bridgehead atoms. The number of pyridine rings is 1. The Morgan fingerprint density at radius 3 is 2.35 bits per heavy atom. The Labute approximate surface area is 154 Å². The van der Waals surface area contributed by atoms with Crippen molar-refractivity contribution >= 4 is 0 Å². The SMILES string of the molecule is COc1cc(-c2cc(CNC3CCNCC3)ccn2)cc(OC)c1OC. The van der Waals surface area contributed by atoms with Crippen LogP contribution in [0.2, 0.25) is 0 Å². The van der Waals surface area contributed by atoms with Gasteiger partial charge < -0.3 is 24.8 Å². The molecule has 6 heteroatoms. The molecule has 1 aliphatic rings. The number of nitrogens with zero attached hydrogens (tertiary/aromatic N) is 1. The number of benzene rings is 1. The molecule has 2 aromatic rings. The molecule has 3 rings (SSSR count). The Morgan fingerprint density at radius 2 is 1.73 bits per heavy atom. The van der Waals surface area contributed by atoms with Crippen LogP contribution in [0.4, 0.5) is 0 Å². The summed E-state index contributed by atoms with van der Waals surface area (Å²) >= 11 is 0. The molecule has 6 nitrogen and oxygen atoms in total. The standard InChI is InChI=1S/C20H27N3O3/c1-24-18-11-15(12-19(25-2)20(18)26-3)17-10-14(4-9-22-17)13-23-16-5-7-21-8-6-16/h4,9-12,16,21,23H,5-8,13H2,1-3H3. The number of ether oxygens (including phenoxy) is 3. The molecule has 0 spiro atoms. The second kappa shape index (κ2) is 8.87. The first-order valence-corrected chi connectivity index (χ1v) is 8.94. The van der Waals surface area contributed by atoms with E-state index in [9.17, 15) is 0 Å². The van der Waals surface area contributed by atoms with Crippen molar-refractivity contribution in [2.24, 2.45) is 0 Å². The van der Waals surface area contributed by atoms with E-state index in [-0.39, 0.29) is 0 Å². The van der Waals surface area contributed by atoms with Crippen LogP contribution in [-0.4, -0.2) is 45.4 Å². The number of methoxy groups -OCH3 is 3. The molecule has 0 radical (unpaired) electrons. The van der Waals surface area contributed by atoms with Crippen molar-refractivity contribution < 1.29 is 14.2 Å². The van der Waals surface area contributed by atoms with Crippen LogP contribution in [0, 0.1) is 0 Å². The zero-order valence-corrected chi connectivity index (χ0v) is 15.7. The lowest BCUT2D eigenvalue weighted by Crippen LogP contribution is -2.39. The molecule has 1 aromatic heterocycles. The molecule has 1 aliphatic heterocycles. The van der Waals surface area contributed by atoms with E-state index in [0.29, 0.717) is 23.3 Å². The molecule has 0 aliphatic carbocycles. The van der Waals surface area contributed by atoms with Crippen molar-refractivity contribution in [1.29, 1.82) is 0 Å². The molecule has 1 aromatic carbocycles. The fraction of sp³-hybridized carbons (Fsp3) is 0.450. The summed E-state index contributed by atoms with van der Waals surface area (Å²) in [5.41, 5.74) is 3.03. The summed E-state index contributed by atoms with van der Waals surface area (Å²) in [6.07, 6.45) is 4.19. The highest BCUT2D eigenvalue weighted by Crippen LogP contribution is 2.40. The highest BCUT2D eigenvalue weighted by molar-refractivity contribution is 5.69. The number of hydrogen-bond acceptors (Lipinski definition) is 6. The number of piperidine rings is 1. The zero-order valence-electron chi connectivity index (χ0n) is 15.7. The summed E-state index contributed by atoms with van der Waals surface area (Å²) in [5, 5.41) is 7.03. The van der Waals surface area contributed by atoms with Crippen LogP contribution < -0.4 is 24.8 Å². The van der Waals surface area contributed by atoms with Crippen LogP contribution >= 0.6 is 0 Å².